The van der Waals surface area contributed by atoms with Gasteiger partial charge in [0.1, 0.15) is 24.4 Å². The van der Waals surface area contributed by atoms with E-state index >= 15 is 0 Å². The number of ether oxygens (including phenoxy) is 3. The molecule has 1 fully saturated rings. The molecule has 1 aliphatic rings. The number of hydrogen-bond donors (Lipinski definition) is 3. The Balaban J connectivity index is 2.76. The molecule has 0 unspecified atom stereocenters. The van der Waals surface area contributed by atoms with E-state index in [-0.39, 0.29) is 12.5 Å². The van der Waals surface area contributed by atoms with Crippen LogP contribution in [0.15, 0.2) is 0 Å². The summed E-state index contributed by atoms with van der Waals surface area (Å²) in [5.41, 5.74) is 0. The van der Waals surface area contributed by atoms with Gasteiger partial charge in [-0.3, -0.25) is 4.79 Å². The van der Waals surface area contributed by atoms with Gasteiger partial charge >= 0.3 is 0 Å². The fourth-order valence-corrected chi connectivity index (χ4v) is 1.91. The molecule has 0 spiro atoms. The van der Waals surface area contributed by atoms with E-state index in [1.54, 1.807) is 0 Å². The molecule has 100 valence electrons. The Morgan fingerprint density at radius 2 is 2.06 bits per heavy atom. The van der Waals surface area contributed by atoms with Crippen LogP contribution in [0.3, 0.4) is 0 Å². The fraction of sp³-hybridized carbons (Fsp3) is 0.900. The maximum atomic E-state index is 11.0. The first kappa shape index (κ1) is 14.3. The monoisotopic (exact) mass is 249 g/mol. The van der Waals surface area contributed by atoms with Gasteiger partial charge in [-0.25, -0.2) is 0 Å². The Kier molecular flexibility index (Phi) is 5.29. The van der Waals surface area contributed by atoms with Crippen LogP contribution >= 0.6 is 0 Å². The topological polar surface area (TPSA) is 97.2 Å². The van der Waals surface area contributed by atoms with Gasteiger partial charge in [0.15, 0.2) is 6.29 Å². The number of nitrogens with one attached hydrogen (secondary N) is 1. The van der Waals surface area contributed by atoms with Gasteiger partial charge < -0.3 is 29.7 Å². The normalized spacial score (nSPS) is 37.8. The van der Waals surface area contributed by atoms with E-state index in [4.69, 9.17) is 14.2 Å². The number of carbonyl (C=O) groups excluding carboxylic acids is 1. The third-order valence-electron chi connectivity index (χ3n) is 2.67. The van der Waals surface area contributed by atoms with Gasteiger partial charge in [-0.2, -0.15) is 0 Å². The summed E-state index contributed by atoms with van der Waals surface area (Å²) >= 11 is 0. The number of aliphatic hydroxyl groups is 2. The Hall–Kier alpha value is -0.730. The Morgan fingerprint density at radius 1 is 1.41 bits per heavy atom. The van der Waals surface area contributed by atoms with Crippen molar-refractivity contribution < 1.29 is 29.2 Å². The number of methoxy groups -OCH3 is 2. The van der Waals surface area contributed by atoms with Gasteiger partial charge in [-0.15, -0.1) is 0 Å². The lowest BCUT2D eigenvalue weighted by atomic mass is 9.97. The second-order valence-corrected chi connectivity index (χ2v) is 3.94. The maximum Gasteiger partial charge on any atom is 0.217 e. The molecule has 3 N–H and O–H groups in total. The van der Waals surface area contributed by atoms with Crippen LogP contribution < -0.4 is 5.32 Å². The van der Waals surface area contributed by atoms with E-state index in [0.29, 0.717) is 0 Å². The molecule has 1 amide bonds. The molecule has 0 saturated carbocycles. The van der Waals surface area contributed by atoms with E-state index < -0.39 is 30.6 Å². The average molecular weight is 249 g/mol. The van der Waals surface area contributed by atoms with Crippen molar-refractivity contribution in [3.05, 3.63) is 0 Å². The minimum Gasteiger partial charge on any atom is -0.388 e. The van der Waals surface area contributed by atoms with E-state index in [9.17, 15) is 15.0 Å². The number of hydrogen-bond acceptors (Lipinski definition) is 6. The quantitative estimate of drug-likeness (QED) is 0.545. The molecule has 1 saturated heterocycles. The lowest BCUT2D eigenvalue weighted by Gasteiger charge is -2.42. The van der Waals surface area contributed by atoms with Crippen LogP contribution in [-0.2, 0) is 19.0 Å². The zero-order chi connectivity index (χ0) is 13.0. The lowest BCUT2D eigenvalue weighted by molar-refractivity contribution is -0.259. The first-order chi connectivity index (χ1) is 8.01. The van der Waals surface area contributed by atoms with Crippen molar-refractivity contribution in [1.29, 1.82) is 0 Å². The van der Waals surface area contributed by atoms with Crippen LogP contribution in [0.4, 0.5) is 0 Å². The summed E-state index contributed by atoms with van der Waals surface area (Å²) in [4.78, 5) is 11.0. The summed E-state index contributed by atoms with van der Waals surface area (Å²) in [5.74, 6) is -0.336. The largest absolute Gasteiger partial charge is 0.388 e. The molecule has 1 rings (SSSR count). The van der Waals surface area contributed by atoms with E-state index in [2.05, 4.69) is 5.32 Å². The van der Waals surface area contributed by atoms with Crippen LogP contribution in [0.2, 0.25) is 0 Å². The molecule has 1 heterocycles. The third-order valence-corrected chi connectivity index (χ3v) is 2.67. The molecular formula is C10H19NO6. The standard InChI is InChI=1S/C10H19NO6/c1-5(12)11-7-9(16-3)8(13)6(4-15-2)17-10(7)14/h6-10,13-14H,4H2,1-3H3,(H,11,12)/t6-,7+,8+,9-,10-/m0/s1. The molecule has 0 aromatic heterocycles. The minimum atomic E-state index is -1.24. The highest BCUT2D eigenvalue weighted by Crippen LogP contribution is 2.22. The van der Waals surface area contributed by atoms with Crippen LogP contribution in [0, 0.1) is 0 Å². The Morgan fingerprint density at radius 3 is 2.53 bits per heavy atom. The van der Waals surface area contributed by atoms with Crippen LogP contribution in [0.1, 0.15) is 6.92 Å². The van der Waals surface area contributed by atoms with Crippen molar-refractivity contribution in [1.82, 2.24) is 5.32 Å². The summed E-state index contributed by atoms with van der Waals surface area (Å²) in [7, 11) is 2.86. The Labute approximate surface area is 99.7 Å². The number of amides is 1. The molecule has 7 nitrogen and oxygen atoms in total. The molecular weight excluding hydrogens is 230 g/mol. The first-order valence-electron chi connectivity index (χ1n) is 5.31. The summed E-state index contributed by atoms with van der Waals surface area (Å²) in [6.45, 7) is 1.44. The maximum absolute atomic E-state index is 11.0. The fourth-order valence-electron chi connectivity index (χ4n) is 1.91. The molecule has 5 atom stereocenters. The van der Waals surface area contributed by atoms with Gasteiger partial charge in [0.05, 0.1) is 6.61 Å². The predicted molar refractivity (Wildman–Crippen MR) is 57.2 cm³/mol. The van der Waals surface area contributed by atoms with Crippen LogP contribution in [-0.4, -0.2) is 67.6 Å². The zero-order valence-corrected chi connectivity index (χ0v) is 10.1. The van der Waals surface area contributed by atoms with Crippen LogP contribution in [0.5, 0.6) is 0 Å². The molecule has 0 aliphatic carbocycles. The van der Waals surface area contributed by atoms with Gasteiger partial charge in [0.2, 0.25) is 5.91 Å². The summed E-state index contributed by atoms with van der Waals surface area (Å²) in [6, 6.07) is -0.805. The van der Waals surface area contributed by atoms with Crippen molar-refractivity contribution in [2.45, 2.75) is 37.6 Å². The highest BCUT2D eigenvalue weighted by atomic mass is 16.6. The SMILES string of the molecule is COC[C@@H]1O[C@H](O)[C@H](NC(C)=O)[C@H](OC)[C@@H]1O. The van der Waals surface area contributed by atoms with Crippen molar-refractivity contribution in [3.63, 3.8) is 0 Å². The number of aliphatic hydroxyl groups excluding tert-OH is 2. The third kappa shape index (κ3) is 3.36. The summed E-state index contributed by atoms with van der Waals surface area (Å²) < 4.78 is 15.1. The van der Waals surface area contributed by atoms with Crippen molar-refractivity contribution in [2.24, 2.45) is 0 Å². The number of carbonyl (C=O) groups is 1. The van der Waals surface area contributed by atoms with Crippen LogP contribution in [0.25, 0.3) is 0 Å². The molecule has 7 heteroatoms. The average Bonchev–Trinajstić information content (AvgIpc) is 2.25. The van der Waals surface area contributed by atoms with E-state index in [1.807, 2.05) is 0 Å². The van der Waals surface area contributed by atoms with Crippen molar-refractivity contribution in [3.8, 4) is 0 Å². The highest BCUT2D eigenvalue weighted by Gasteiger charge is 2.45. The van der Waals surface area contributed by atoms with Gasteiger partial charge in [0, 0.05) is 21.1 Å². The summed E-state index contributed by atoms with van der Waals surface area (Å²) in [5, 5.41) is 22.2. The minimum absolute atomic E-state index is 0.130. The smallest absolute Gasteiger partial charge is 0.217 e. The molecule has 0 aromatic carbocycles. The highest BCUT2D eigenvalue weighted by molar-refractivity contribution is 5.73. The molecule has 1 aliphatic heterocycles. The molecule has 0 bridgehead atoms. The van der Waals surface area contributed by atoms with E-state index in [1.165, 1.54) is 21.1 Å². The van der Waals surface area contributed by atoms with Gasteiger partial charge in [0.25, 0.3) is 0 Å². The second kappa shape index (κ2) is 6.27. The summed E-state index contributed by atoms with van der Waals surface area (Å²) in [6.07, 6.45) is -3.67. The molecule has 0 aromatic rings. The lowest BCUT2D eigenvalue weighted by Crippen LogP contribution is -2.64. The van der Waals surface area contributed by atoms with Crippen molar-refractivity contribution in [2.75, 3.05) is 20.8 Å². The predicted octanol–water partition coefficient (Wildman–Crippen LogP) is -1.77. The Bertz CT molecular complexity index is 261. The first-order valence-corrected chi connectivity index (χ1v) is 5.31. The molecule has 17 heavy (non-hydrogen) atoms. The van der Waals surface area contributed by atoms with E-state index in [0.717, 1.165) is 0 Å². The van der Waals surface area contributed by atoms with Gasteiger partial charge in [-0.05, 0) is 0 Å². The van der Waals surface area contributed by atoms with Crippen molar-refractivity contribution >= 4 is 5.91 Å². The number of rotatable bonds is 4. The zero-order valence-electron chi connectivity index (χ0n) is 10.1. The van der Waals surface area contributed by atoms with Gasteiger partial charge in [-0.1, -0.05) is 0 Å². The second-order valence-electron chi connectivity index (χ2n) is 3.94. The molecule has 0 radical (unpaired) electrons.